The first kappa shape index (κ1) is 13.2. The molecule has 0 spiro atoms. The molecule has 4 nitrogen and oxygen atoms in total. The summed E-state index contributed by atoms with van der Waals surface area (Å²) in [6.45, 7) is 0. The van der Waals surface area contributed by atoms with E-state index in [9.17, 15) is 4.79 Å². The van der Waals surface area contributed by atoms with E-state index in [1.165, 1.54) is 6.07 Å². The molecule has 2 rings (SSSR count). The van der Waals surface area contributed by atoms with E-state index in [-0.39, 0.29) is 5.91 Å². The number of nitrogens with two attached hydrogens (primary N) is 1. The highest BCUT2D eigenvalue weighted by atomic mass is 35.5. The van der Waals surface area contributed by atoms with Crippen LogP contribution in [0.25, 0.3) is 0 Å². The van der Waals surface area contributed by atoms with E-state index in [1.807, 2.05) is 0 Å². The molecule has 0 fully saturated rings. The number of hydrogen-bond donors (Lipinski definition) is 2. The second-order valence-electron chi connectivity index (χ2n) is 3.92. The number of hydrogen-bond acceptors (Lipinski definition) is 3. The number of methoxy groups -OCH3 is 1. The largest absolute Gasteiger partial charge is 0.497 e. The predicted octanol–water partition coefficient (Wildman–Crippen LogP) is 3.18. The second-order valence-corrected chi connectivity index (χ2v) is 4.33. The van der Waals surface area contributed by atoms with Crippen molar-refractivity contribution in [1.82, 2.24) is 0 Å². The Bertz CT molecular complexity index is 614. The zero-order chi connectivity index (χ0) is 13.8. The number of ether oxygens (including phenoxy) is 1. The van der Waals surface area contributed by atoms with E-state index < -0.39 is 0 Å². The fourth-order valence-corrected chi connectivity index (χ4v) is 1.71. The molecule has 0 atom stereocenters. The summed E-state index contributed by atoms with van der Waals surface area (Å²) in [5.41, 5.74) is 7.14. The van der Waals surface area contributed by atoms with Crippen LogP contribution in [0.2, 0.25) is 5.02 Å². The van der Waals surface area contributed by atoms with Crippen LogP contribution in [-0.2, 0) is 0 Å². The Morgan fingerprint density at radius 1 is 1.26 bits per heavy atom. The third kappa shape index (κ3) is 3.17. The molecule has 0 radical (unpaired) electrons. The molecule has 0 aliphatic carbocycles. The smallest absolute Gasteiger partial charge is 0.255 e. The van der Waals surface area contributed by atoms with Gasteiger partial charge in [0.25, 0.3) is 5.91 Å². The van der Waals surface area contributed by atoms with Crippen molar-refractivity contribution in [3.8, 4) is 5.75 Å². The van der Waals surface area contributed by atoms with Crippen LogP contribution >= 0.6 is 11.6 Å². The van der Waals surface area contributed by atoms with Gasteiger partial charge in [0, 0.05) is 17.3 Å². The Morgan fingerprint density at radius 3 is 2.74 bits per heavy atom. The molecule has 0 aliphatic rings. The minimum Gasteiger partial charge on any atom is -0.497 e. The molecule has 2 aromatic rings. The summed E-state index contributed by atoms with van der Waals surface area (Å²) in [6.07, 6.45) is 0. The van der Waals surface area contributed by atoms with Gasteiger partial charge in [0.15, 0.2) is 0 Å². The summed E-state index contributed by atoms with van der Waals surface area (Å²) in [4.78, 5) is 12.0. The first-order valence-electron chi connectivity index (χ1n) is 5.60. The molecule has 0 unspecified atom stereocenters. The number of amides is 1. The molecule has 0 aromatic heterocycles. The van der Waals surface area contributed by atoms with E-state index >= 15 is 0 Å². The number of rotatable bonds is 3. The summed E-state index contributed by atoms with van der Waals surface area (Å²) in [5, 5.41) is 3.19. The zero-order valence-electron chi connectivity index (χ0n) is 10.3. The quantitative estimate of drug-likeness (QED) is 0.846. The Hall–Kier alpha value is -2.20. The number of carbonyl (C=O) groups excluding carboxylic acids is 1. The average Bonchev–Trinajstić information content (AvgIpc) is 2.42. The number of halogens is 1. The number of nitrogens with one attached hydrogen (secondary N) is 1. The van der Waals surface area contributed by atoms with Crippen LogP contribution in [0.15, 0.2) is 42.5 Å². The highest BCUT2D eigenvalue weighted by Gasteiger charge is 2.08. The maximum absolute atomic E-state index is 12.0. The lowest BCUT2D eigenvalue weighted by Crippen LogP contribution is -2.12. The van der Waals surface area contributed by atoms with Crippen LogP contribution in [0.4, 0.5) is 11.4 Å². The molecule has 3 N–H and O–H groups in total. The van der Waals surface area contributed by atoms with Crippen molar-refractivity contribution in [2.45, 2.75) is 0 Å². The van der Waals surface area contributed by atoms with Gasteiger partial charge in [-0.1, -0.05) is 17.7 Å². The van der Waals surface area contributed by atoms with Crippen LogP contribution in [0, 0.1) is 0 Å². The van der Waals surface area contributed by atoms with Gasteiger partial charge < -0.3 is 15.8 Å². The Labute approximate surface area is 116 Å². The summed E-state index contributed by atoms with van der Waals surface area (Å²) < 4.78 is 5.09. The molecule has 1 amide bonds. The van der Waals surface area contributed by atoms with Gasteiger partial charge in [0.1, 0.15) is 5.75 Å². The average molecular weight is 277 g/mol. The molecule has 0 bridgehead atoms. The Kier molecular flexibility index (Phi) is 3.92. The van der Waals surface area contributed by atoms with Crippen LogP contribution in [0.5, 0.6) is 5.75 Å². The van der Waals surface area contributed by atoms with E-state index in [1.54, 1.807) is 43.5 Å². The minimum absolute atomic E-state index is 0.253. The lowest BCUT2D eigenvalue weighted by Gasteiger charge is -2.08. The Morgan fingerprint density at radius 2 is 2.05 bits per heavy atom. The Balaban J connectivity index is 2.18. The molecular formula is C14H13ClN2O2. The maximum Gasteiger partial charge on any atom is 0.255 e. The fourth-order valence-electron chi connectivity index (χ4n) is 1.59. The number of nitrogen functional groups attached to an aromatic ring is 1. The fraction of sp³-hybridized carbons (Fsp3) is 0.0714. The third-order valence-electron chi connectivity index (χ3n) is 2.59. The summed E-state index contributed by atoms with van der Waals surface area (Å²) in [5.74, 6) is 0.421. The molecule has 19 heavy (non-hydrogen) atoms. The zero-order valence-corrected chi connectivity index (χ0v) is 11.1. The lowest BCUT2D eigenvalue weighted by atomic mass is 10.2. The maximum atomic E-state index is 12.0. The normalized spacial score (nSPS) is 10.0. The van der Waals surface area contributed by atoms with E-state index in [2.05, 4.69) is 5.32 Å². The van der Waals surface area contributed by atoms with Gasteiger partial charge in [-0.15, -0.1) is 0 Å². The topological polar surface area (TPSA) is 64.3 Å². The van der Waals surface area contributed by atoms with Crippen molar-refractivity contribution in [3.63, 3.8) is 0 Å². The molecule has 0 saturated heterocycles. The SMILES string of the molecule is COc1cccc(NC(=O)c2ccc(Cl)c(N)c2)c1. The predicted molar refractivity (Wildman–Crippen MR) is 76.8 cm³/mol. The van der Waals surface area contributed by atoms with Crippen LogP contribution < -0.4 is 15.8 Å². The van der Waals surface area contributed by atoms with Gasteiger partial charge in [-0.2, -0.15) is 0 Å². The summed E-state index contributed by atoms with van der Waals surface area (Å²) in [6, 6.07) is 11.9. The van der Waals surface area contributed by atoms with Gasteiger partial charge in [0.05, 0.1) is 17.8 Å². The molecule has 0 saturated carbocycles. The van der Waals surface area contributed by atoms with Crippen LogP contribution in [0.1, 0.15) is 10.4 Å². The van der Waals surface area contributed by atoms with Crippen molar-refractivity contribution in [1.29, 1.82) is 0 Å². The van der Waals surface area contributed by atoms with Crippen molar-refractivity contribution in [2.75, 3.05) is 18.2 Å². The second kappa shape index (κ2) is 5.63. The molecule has 5 heteroatoms. The van der Waals surface area contributed by atoms with Gasteiger partial charge in [-0.25, -0.2) is 0 Å². The minimum atomic E-state index is -0.253. The highest BCUT2D eigenvalue weighted by Crippen LogP contribution is 2.21. The number of benzene rings is 2. The van der Waals surface area contributed by atoms with Gasteiger partial charge in [0.2, 0.25) is 0 Å². The molecule has 0 aliphatic heterocycles. The highest BCUT2D eigenvalue weighted by molar-refractivity contribution is 6.33. The van der Waals surface area contributed by atoms with Gasteiger partial charge >= 0.3 is 0 Å². The first-order valence-corrected chi connectivity index (χ1v) is 5.98. The number of anilines is 2. The van der Waals surface area contributed by atoms with Gasteiger partial charge in [-0.3, -0.25) is 4.79 Å². The van der Waals surface area contributed by atoms with Crippen molar-refractivity contribution in [3.05, 3.63) is 53.1 Å². The summed E-state index contributed by atoms with van der Waals surface area (Å²) >= 11 is 5.81. The van der Waals surface area contributed by atoms with E-state index in [0.29, 0.717) is 27.7 Å². The first-order chi connectivity index (χ1) is 9.10. The standard InChI is InChI=1S/C14H13ClN2O2/c1-19-11-4-2-3-10(8-11)17-14(18)9-5-6-12(15)13(16)7-9/h2-8H,16H2,1H3,(H,17,18). The molecule has 0 heterocycles. The molecular weight excluding hydrogens is 264 g/mol. The van der Waals surface area contributed by atoms with E-state index in [4.69, 9.17) is 22.1 Å². The van der Waals surface area contributed by atoms with Crippen molar-refractivity contribution < 1.29 is 9.53 Å². The van der Waals surface area contributed by atoms with Crippen LogP contribution in [-0.4, -0.2) is 13.0 Å². The third-order valence-corrected chi connectivity index (χ3v) is 2.93. The summed E-state index contributed by atoms with van der Waals surface area (Å²) in [7, 11) is 1.57. The molecule has 98 valence electrons. The van der Waals surface area contributed by atoms with E-state index in [0.717, 1.165) is 0 Å². The number of carbonyl (C=O) groups is 1. The van der Waals surface area contributed by atoms with Gasteiger partial charge in [-0.05, 0) is 30.3 Å². The van der Waals surface area contributed by atoms with Crippen LogP contribution in [0.3, 0.4) is 0 Å². The monoisotopic (exact) mass is 276 g/mol. The lowest BCUT2D eigenvalue weighted by molar-refractivity contribution is 0.102. The molecule has 2 aromatic carbocycles. The van der Waals surface area contributed by atoms with Crippen molar-refractivity contribution in [2.24, 2.45) is 0 Å². The van der Waals surface area contributed by atoms with Crippen molar-refractivity contribution >= 4 is 28.9 Å².